The van der Waals surface area contributed by atoms with Gasteiger partial charge in [-0.15, -0.1) is 0 Å². The maximum Gasteiger partial charge on any atom is 0.187 e. The minimum atomic E-state index is -0.352. The van der Waals surface area contributed by atoms with Crippen LogP contribution in [0.5, 0.6) is 11.5 Å². The topological polar surface area (TPSA) is 82.1 Å². The summed E-state index contributed by atoms with van der Waals surface area (Å²) in [4.78, 5) is 0. The van der Waals surface area contributed by atoms with E-state index in [0.29, 0.717) is 5.56 Å². The van der Waals surface area contributed by atoms with Crippen LogP contribution >= 0.6 is 12.2 Å². The molecule has 0 aliphatic carbocycles. The number of aromatic hydroxyl groups is 2. The zero-order valence-electron chi connectivity index (χ0n) is 10.6. The second-order valence-corrected chi connectivity index (χ2v) is 5.23. The summed E-state index contributed by atoms with van der Waals surface area (Å²) in [6, 6.07) is 4.25. The predicted octanol–water partition coefficient (Wildman–Crippen LogP) is 1.78. The summed E-state index contributed by atoms with van der Waals surface area (Å²) in [5, 5.41) is 24.6. The SMILES string of the molecule is CC(C)(C)N(/N=C\c1ccc(O)cc1O)C(N)=S. The van der Waals surface area contributed by atoms with Gasteiger partial charge in [-0.1, -0.05) is 0 Å². The lowest BCUT2D eigenvalue weighted by Crippen LogP contribution is -2.44. The summed E-state index contributed by atoms with van der Waals surface area (Å²) in [5.41, 5.74) is 5.71. The van der Waals surface area contributed by atoms with Crippen molar-refractivity contribution < 1.29 is 10.2 Å². The fourth-order valence-corrected chi connectivity index (χ4v) is 1.64. The Hall–Kier alpha value is -1.82. The summed E-state index contributed by atoms with van der Waals surface area (Å²) in [6.45, 7) is 5.75. The first-order valence-electron chi connectivity index (χ1n) is 5.37. The van der Waals surface area contributed by atoms with Crippen LogP contribution in [0.3, 0.4) is 0 Å². The number of rotatable bonds is 2. The summed E-state index contributed by atoms with van der Waals surface area (Å²) in [5.74, 6) is -0.0674. The highest BCUT2D eigenvalue weighted by Crippen LogP contribution is 2.21. The van der Waals surface area contributed by atoms with Crippen molar-refractivity contribution in [3.8, 4) is 11.5 Å². The third-order valence-corrected chi connectivity index (χ3v) is 2.34. The number of nitrogens with two attached hydrogens (primary N) is 1. The quantitative estimate of drug-likeness (QED) is 0.432. The van der Waals surface area contributed by atoms with Crippen molar-refractivity contribution >= 4 is 23.5 Å². The third kappa shape index (κ3) is 3.59. The molecule has 0 fully saturated rings. The number of hydrazone groups is 1. The van der Waals surface area contributed by atoms with E-state index in [2.05, 4.69) is 5.10 Å². The molecule has 4 N–H and O–H groups in total. The van der Waals surface area contributed by atoms with Crippen LogP contribution in [0.15, 0.2) is 23.3 Å². The number of hydrogen-bond acceptors (Lipinski definition) is 4. The van der Waals surface area contributed by atoms with Crippen LogP contribution in [-0.2, 0) is 0 Å². The summed E-state index contributed by atoms with van der Waals surface area (Å²) in [6.07, 6.45) is 1.44. The van der Waals surface area contributed by atoms with E-state index < -0.39 is 0 Å². The van der Waals surface area contributed by atoms with Gasteiger partial charge in [0.1, 0.15) is 11.5 Å². The molecule has 0 saturated carbocycles. The summed E-state index contributed by atoms with van der Waals surface area (Å²) < 4.78 is 0. The van der Waals surface area contributed by atoms with Crippen LogP contribution in [0.2, 0.25) is 0 Å². The molecule has 1 aromatic carbocycles. The number of nitrogens with zero attached hydrogens (tertiary/aromatic N) is 2. The van der Waals surface area contributed by atoms with Gasteiger partial charge in [0, 0.05) is 11.6 Å². The lowest BCUT2D eigenvalue weighted by atomic mass is 10.1. The van der Waals surface area contributed by atoms with Crippen LogP contribution in [0.25, 0.3) is 0 Å². The van der Waals surface area contributed by atoms with Gasteiger partial charge in [0.25, 0.3) is 0 Å². The second-order valence-electron chi connectivity index (χ2n) is 4.81. The Kier molecular flexibility index (Phi) is 4.13. The Balaban J connectivity index is 3.00. The first kappa shape index (κ1) is 14.2. The van der Waals surface area contributed by atoms with E-state index in [4.69, 9.17) is 18.0 Å². The molecule has 1 aromatic rings. The minimum absolute atomic E-state index is 0.00771. The number of phenolic OH excluding ortho intramolecular Hbond substituents is 2. The van der Waals surface area contributed by atoms with E-state index in [-0.39, 0.29) is 22.2 Å². The zero-order chi connectivity index (χ0) is 13.9. The van der Waals surface area contributed by atoms with Crippen LogP contribution in [0, 0.1) is 0 Å². The molecule has 1 rings (SSSR count). The van der Waals surface area contributed by atoms with Crippen molar-refractivity contribution in [1.29, 1.82) is 0 Å². The van der Waals surface area contributed by atoms with Gasteiger partial charge in [0.15, 0.2) is 5.11 Å². The van der Waals surface area contributed by atoms with E-state index in [1.807, 2.05) is 20.8 Å². The molecule has 0 bridgehead atoms. The maximum absolute atomic E-state index is 9.61. The van der Waals surface area contributed by atoms with E-state index in [1.54, 1.807) is 6.07 Å². The number of thiocarbonyl (C=S) groups is 1. The van der Waals surface area contributed by atoms with Crippen LogP contribution in [-0.4, -0.2) is 32.1 Å². The van der Waals surface area contributed by atoms with Crippen molar-refractivity contribution in [2.75, 3.05) is 0 Å². The van der Waals surface area contributed by atoms with Crippen LogP contribution < -0.4 is 5.73 Å². The number of phenols is 2. The molecule has 0 radical (unpaired) electrons. The molecule has 0 aliphatic rings. The van der Waals surface area contributed by atoms with Gasteiger partial charge in [0.05, 0.1) is 11.8 Å². The molecular formula is C12H17N3O2S. The first-order chi connectivity index (χ1) is 8.21. The molecule has 98 valence electrons. The van der Waals surface area contributed by atoms with Crippen molar-refractivity contribution in [3.05, 3.63) is 23.8 Å². The van der Waals surface area contributed by atoms with E-state index >= 15 is 0 Å². The fraction of sp³-hybridized carbons (Fsp3) is 0.333. The van der Waals surface area contributed by atoms with Crippen molar-refractivity contribution in [3.63, 3.8) is 0 Å². The molecule has 0 amide bonds. The smallest absolute Gasteiger partial charge is 0.187 e. The van der Waals surface area contributed by atoms with E-state index in [0.717, 1.165) is 0 Å². The Labute approximate surface area is 112 Å². The molecule has 0 saturated heterocycles. The van der Waals surface area contributed by atoms with Gasteiger partial charge in [-0.3, -0.25) is 0 Å². The molecule has 6 heteroatoms. The molecule has 0 atom stereocenters. The van der Waals surface area contributed by atoms with Gasteiger partial charge in [-0.2, -0.15) is 5.10 Å². The number of hydrogen-bond donors (Lipinski definition) is 3. The molecular weight excluding hydrogens is 250 g/mol. The maximum atomic E-state index is 9.61. The highest BCUT2D eigenvalue weighted by Gasteiger charge is 2.21. The average molecular weight is 267 g/mol. The normalized spacial score (nSPS) is 11.7. The molecule has 18 heavy (non-hydrogen) atoms. The van der Waals surface area contributed by atoms with Gasteiger partial charge in [-0.05, 0) is 45.1 Å². The van der Waals surface area contributed by atoms with Gasteiger partial charge >= 0.3 is 0 Å². The number of benzene rings is 1. The lowest BCUT2D eigenvalue weighted by molar-refractivity contribution is 0.250. The first-order valence-corrected chi connectivity index (χ1v) is 5.78. The monoisotopic (exact) mass is 267 g/mol. The average Bonchev–Trinajstić information content (AvgIpc) is 2.18. The summed E-state index contributed by atoms with van der Waals surface area (Å²) >= 11 is 4.92. The fourth-order valence-electron chi connectivity index (χ4n) is 1.32. The largest absolute Gasteiger partial charge is 0.508 e. The van der Waals surface area contributed by atoms with E-state index in [9.17, 15) is 10.2 Å². The Morgan fingerprint density at radius 3 is 2.44 bits per heavy atom. The molecule has 0 heterocycles. The third-order valence-electron chi connectivity index (χ3n) is 2.17. The highest BCUT2D eigenvalue weighted by molar-refractivity contribution is 7.80. The zero-order valence-corrected chi connectivity index (χ0v) is 11.4. The predicted molar refractivity (Wildman–Crippen MR) is 75.7 cm³/mol. The van der Waals surface area contributed by atoms with Crippen LogP contribution in [0.1, 0.15) is 26.3 Å². The Morgan fingerprint density at radius 2 is 2.00 bits per heavy atom. The van der Waals surface area contributed by atoms with Crippen molar-refractivity contribution in [1.82, 2.24) is 5.01 Å². The van der Waals surface area contributed by atoms with Gasteiger partial charge in [-0.25, -0.2) is 5.01 Å². The Morgan fingerprint density at radius 1 is 1.39 bits per heavy atom. The highest BCUT2D eigenvalue weighted by atomic mass is 32.1. The summed E-state index contributed by atoms with van der Waals surface area (Å²) in [7, 11) is 0. The van der Waals surface area contributed by atoms with Crippen LogP contribution in [0.4, 0.5) is 0 Å². The van der Waals surface area contributed by atoms with Gasteiger partial charge < -0.3 is 15.9 Å². The standard InChI is InChI=1S/C12H17N3O2S/c1-12(2,3)15(11(13)18)14-7-8-4-5-9(16)6-10(8)17/h4-7,16-17H,1-3H3,(H2,13,18)/b14-7-. The molecule has 0 aliphatic heterocycles. The molecule has 0 aromatic heterocycles. The van der Waals surface area contributed by atoms with Crippen molar-refractivity contribution in [2.45, 2.75) is 26.3 Å². The molecule has 0 unspecified atom stereocenters. The van der Waals surface area contributed by atoms with E-state index in [1.165, 1.54) is 23.4 Å². The van der Waals surface area contributed by atoms with Gasteiger partial charge in [0.2, 0.25) is 0 Å². The minimum Gasteiger partial charge on any atom is -0.508 e. The Bertz CT molecular complexity index is 481. The molecule has 5 nitrogen and oxygen atoms in total. The molecule has 0 spiro atoms. The van der Waals surface area contributed by atoms with Crippen molar-refractivity contribution in [2.24, 2.45) is 10.8 Å². The second kappa shape index (κ2) is 5.22. The lowest BCUT2D eigenvalue weighted by Gasteiger charge is -2.31.